The quantitative estimate of drug-likeness (QED) is 0.415. The fraction of sp³-hybridized carbons (Fsp3) is 0.929. The molecule has 2 rings (SSSR count). The summed E-state index contributed by atoms with van der Waals surface area (Å²) in [5.41, 5.74) is 0. The van der Waals surface area contributed by atoms with Crippen LogP contribution in [0.15, 0.2) is 0 Å². The third-order valence-corrected chi connectivity index (χ3v) is 8.35. The Morgan fingerprint density at radius 1 is 0.941 bits per heavy atom. The molecular formula is C14H24IO2-. The Bertz CT molecular complexity index is 241. The van der Waals surface area contributed by atoms with Crippen LogP contribution >= 0.6 is 0 Å². The Morgan fingerprint density at radius 2 is 1.53 bits per heavy atom. The van der Waals surface area contributed by atoms with Crippen LogP contribution in [-0.2, 0) is 9.53 Å². The minimum absolute atomic E-state index is 0.101. The molecule has 0 aliphatic heterocycles. The zero-order chi connectivity index (χ0) is 12.1. The van der Waals surface area contributed by atoms with Crippen molar-refractivity contribution in [2.45, 2.75) is 78.7 Å². The summed E-state index contributed by atoms with van der Waals surface area (Å²) in [5.74, 6) is -0.101. The maximum absolute atomic E-state index is 10.9. The summed E-state index contributed by atoms with van der Waals surface area (Å²) < 4.78 is 7.43. The Kier molecular flexibility index (Phi) is 5.57. The van der Waals surface area contributed by atoms with Gasteiger partial charge in [-0.25, -0.2) is 0 Å². The molecule has 0 bridgehead atoms. The van der Waals surface area contributed by atoms with E-state index < -0.39 is 0 Å². The third-order valence-electron chi connectivity index (χ3n) is 3.83. The number of esters is 1. The molecule has 2 saturated carbocycles. The molecule has 0 spiro atoms. The van der Waals surface area contributed by atoms with Gasteiger partial charge in [-0.3, -0.25) is 0 Å². The molecule has 0 heterocycles. The average molecular weight is 351 g/mol. The number of ether oxygens (including phenoxy) is 1. The Labute approximate surface area is 115 Å². The summed E-state index contributed by atoms with van der Waals surface area (Å²) in [6.45, 7) is 1.53. The van der Waals surface area contributed by atoms with E-state index in [-0.39, 0.29) is 12.1 Å². The van der Waals surface area contributed by atoms with Crippen LogP contribution in [0.25, 0.3) is 0 Å². The number of alkyl halides is 2. The predicted molar refractivity (Wildman–Crippen MR) is 64.7 cm³/mol. The molecule has 0 aromatic carbocycles. The van der Waals surface area contributed by atoms with Gasteiger partial charge in [0.25, 0.3) is 0 Å². The summed E-state index contributed by atoms with van der Waals surface area (Å²) in [6.07, 6.45) is 12.6. The van der Waals surface area contributed by atoms with Crippen LogP contribution in [-0.4, -0.2) is 19.9 Å². The SMILES string of the molecule is CC(=O)OC1CCC([I-]C2CCCCC2)CC1. The molecule has 2 aliphatic carbocycles. The molecule has 0 amide bonds. The summed E-state index contributed by atoms with van der Waals surface area (Å²) in [4.78, 5) is 10.9. The van der Waals surface area contributed by atoms with Crippen LogP contribution in [0.5, 0.6) is 0 Å². The van der Waals surface area contributed by atoms with Gasteiger partial charge in [-0.15, -0.1) is 0 Å². The van der Waals surface area contributed by atoms with Gasteiger partial charge in [0.1, 0.15) is 0 Å². The number of hydrogen-bond acceptors (Lipinski definition) is 2. The summed E-state index contributed by atoms with van der Waals surface area (Å²) in [5, 5.41) is 0. The number of halogens is 1. The topological polar surface area (TPSA) is 26.3 Å². The fourth-order valence-corrected chi connectivity index (χ4v) is 7.41. The molecule has 17 heavy (non-hydrogen) atoms. The van der Waals surface area contributed by atoms with E-state index in [0.717, 1.165) is 20.7 Å². The van der Waals surface area contributed by atoms with Crippen LogP contribution in [0.2, 0.25) is 0 Å². The maximum atomic E-state index is 10.9. The van der Waals surface area contributed by atoms with E-state index in [1.54, 1.807) is 0 Å². The summed E-state index contributed by atoms with van der Waals surface area (Å²) in [7, 11) is 0. The van der Waals surface area contributed by atoms with Gasteiger partial charge < -0.3 is 0 Å². The molecule has 2 fully saturated rings. The molecule has 2 aliphatic rings. The van der Waals surface area contributed by atoms with Gasteiger partial charge in [0.05, 0.1) is 0 Å². The van der Waals surface area contributed by atoms with E-state index in [4.69, 9.17) is 4.74 Å². The van der Waals surface area contributed by atoms with E-state index in [1.165, 1.54) is 51.9 Å². The normalized spacial score (nSPS) is 31.4. The van der Waals surface area contributed by atoms with Gasteiger partial charge in [0, 0.05) is 0 Å². The van der Waals surface area contributed by atoms with Gasteiger partial charge in [-0.05, 0) is 0 Å². The average Bonchev–Trinajstić information content (AvgIpc) is 2.32. The Hall–Kier alpha value is 0.200. The van der Waals surface area contributed by atoms with Crippen LogP contribution in [0.1, 0.15) is 64.7 Å². The van der Waals surface area contributed by atoms with Crippen molar-refractivity contribution in [2.75, 3.05) is 0 Å². The van der Waals surface area contributed by atoms with Gasteiger partial charge in [0.15, 0.2) is 0 Å². The minimum atomic E-state index is -0.101. The van der Waals surface area contributed by atoms with E-state index in [0.29, 0.717) is 21.2 Å². The van der Waals surface area contributed by atoms with E-state index in [9.17, 15) is 4.79 Å². The first-order valence-corrected chi connectivity index (χ1v) is 9.52. The second-order valence-corrected chi connectivity index (χ2v) is 9.59. The van der Waals surface area contributed by atoms with Crippen molar-refractivity contribution in [1.29, 1.82) is 0 Å². The summed E-state index contributed by atoms with van der Waals surface area (Å²) >= 11 is 0.402. The van der Waals surface area contributed by atoms with Crippen molar-refractivity contribution in [1.82, 2.24) is 0 Å². The number of carbonyl (C=O) groups excluding carboxylic acids is 1. The first-order valence-electron chi connectivity index (χ1n) is 7.03. The molecule has 0 radical (unpaired) electrons. The molecule has 3 heteroatoms. The van der Waals surface area contributed by atoms with Crippen LogP contribution in [0.3, 0.4) is 0 Å². The Balaban J connectivity index is 1.66. The monoisotopic (exact) mass is 351 g/mol. The molecule has 0 aromatic heterocycles. The zero-order valence-electron chi connectivity index (χ0n) is 10.8. The molecular weight excluding hydrogens is 327 g/mol. The molecule has 0 aromatic rings. The predicted octanol–water partition coefficient (Wildman–Crippen LogP) is 0.282. The van der Waals surface area contributed by atoms with Crippen molar-refractivity contribution >= 4 is 5.97 Å². The van der Waals surface area contributed by atoms with Crippen LogP contribution in [0, 0.1) is 0 Å². The first-order chi connectivity index (χ1) is 8.24. The van der Waals surface area contributed by atoms with Crippen molar-refractivity contribution < 1.29 is 30.7 Å². The first kappa shape index (κ1) is 13.6. The van der Waals surface area contributed by atoms with Crippen LogP contribution < -0.4 is 21.2 Å². The van der Waals surface area contributed by atoms with Gasteiger partial charge in [-0.2, -0.15) is 0 Å². The van der Waals surface area contributed by atoms with Crippen molar-refractivity contribution in [2.24, 2.45) is 0 Å². The van der Waals surface area contributed by atoms with Gasteiger partial charge in [0.2, 0.25) is 0 Å². The third kappa shape index (κ3) is 4.76. The van der Waals surface area contributed by atoms with Crippen LogP contribution in [0.4, 0.5) is 0 Å². The molecule has 2 nitrogen and oxygen atoms in total. The van der Waals surface area contributed by atoms with E-state index in [2.05, 4.69) is 0 Å². The summed E-state index contributed by atoms with van der Waals surface area (Å²) in [6, 6.07) is 0. The standard InChI is InChI=1S/C14H24IO2/c1-11(16)17-14-9-7-13(8-10-14)15-12-5-3-2-4-6-12/h12-14H,2-10H2,1H3/q-1. The molecule has 0 atom stereocenters. The van der Waals surface area contributed by atoms with Gasteiger partial charge >= 0.3 is 115 Å². The fourth-order valence-electron chi connectivity index (χ4n) is 2.93. The number of carbonyl (C=O) groups is 1. The second kappa shape index (κ2) is 6.95. The van der Waals surface area contributed by atoms with Crippen molar-refractivity contribution in [3.05, 3.63) is 0 Å². The Morgan fingerprint density at radius 3 is 2.12 bits per heavy atom. The molecule has 0 N–H and O–H groups in total. The molecule has 0 saturated heterocycles. The van der Waals surface area contributed by atoms with Crippen molar-refractivity contribution in [3.8, 4) is 0 Å². The van der Waals surface area contributed by atoms with Crippen molar-refractivity contribution in [3.63, 3.8) is 0 Å². The number of hydrogen-bond donors (Lipinski definition) is 0. The zero-order valence-corrected chi connectivity index (χ0v) is 12.9. The number of rotatable bonds is 3. The van der Waals surface area contributed by atoms with E-state index in [1.807, 2.05) is 0 Å². The molecule has 100 valence electrons. The van der Waals surface area contributed by atoms with Gasteiger partial charge in [-0.1, -0.05) is 0 Å². The van der Waals surface area contributed by atoms with E-state index >= 15 is 0 Å². The second-order valence-electron chi connectivity index (χ2n) is 5.34. The molecule has 0 unspecified atom stereocenters.